The zero-order valence-corrected chi connectivity index (χ0v) is 13.6. The molecule has 0 saturated heterocycles. The van der Waals surface area contributed by atoms with Crippen molar-refractivity contribution < 1.29 is 4.42 Å². The normalized spacial score (nSPS) is 15.5. The third-order valence-corrected chi connectivity index (χ3v) is 4.02. The molecule has 0 fully saturated rings. The predicted molar refractivity (Wildman–Crippen MR) is 86.3 cm³/mol. The van der Waals surface area contributed by atoms with Gasteiger partial charge in [-0.2, -0.15) is 0 Å². The third-order valence-electron chi connectivity index (χ3n) is 4.02. The topological polar surface area (TPSA) is 25.2 Å². The molecule has 0 aliphatic heterocycles. The van der Waals surface area contributed by atoms with Crippen LogP contribution < -0.4 is 5.32 Å². The van der Waals surface area contributed by atoms with Gasteiger partial charge in [0.25, 0.3) is 0 Å². The van der Waals surface area contributed by atoms with E-state index in [0.29, 0.717) is 11.8 Å². The van der Waals surface area contributed by atoms with Crippen molar-refractivity contribution in [3.05, 3.63) is 35.6 Å². The number of hydrogen-bond donors (Lipinski definition) is 1. The SMILES string of the molecule is Cc1cccc2cc(C(C)C(C)CNC(C)(C)C)oc12. The van der Waals surface area contributed by atoms with Crippen LogP contribution in [0.5, 0.6) is 0 Å². The molecular weight excluding hydrogens is 246 g/mol. The number of fused-ring (bicyclic) bond motifs is 1. The van der Waals surface area contributed by atoms with Gasteiger partial charge < -0.3 is 9.73 Å². The molecule has 0 spiro atoms. The largest absolute Gasteiger partial charge is 0.461 e. The lowest BCUT2D eigenvalue weighted by atomic mass is 9.92. The van der Waals surface area contributed by atoms with Crippen LogP contribution in [0, 0.1) is 12.8 Å². The molecule has 0 amide bonds. The number of hydrogen-bond acceptors (Lipinski definition) is 2. The van der Waals surface area contributed by atoms with Crippen LogP contribution in [0.2, 0.25) is 0 Å². The fourth-order valence-electron chi connectivity index (χ4n) is 2.38. The molecule has 0 aliphatic carbocycles. The first-order valence-electron chi connectivity index (χ1n) is 7.52. The minimum Gasteiger partial charge on any atom is -0.461 e. The van der Waals surface area contributed by atoms with Crippen LogP contribution in [0.15, 0.2) is 28.7 Å². The molecule has 1 aromatic carbocycles. The number of benzene rings is 1. The Labute approximate surface area is 122 Å². The van der Waals surface area contributed by atoms with E-state index in [-0.39, 0.29) is 5.54 Å². The second kappa shape index (κ2) is 5.61. The van der Waals surface area contributed by atoms with Crippen LogP contribution in [0.1, 0.15) is 51.9 Å². The second-order valence-corrected chi connectivity index (χ2v) is 7.04. The molecule has 2 nitrogen and oxygen atoms in total. The van der Waals surface area contributed by atoms with Gasteiger partial charge in [0.1, 0.15) is 11.3 Å². The summed E-state index contributed by atoms with van der Waals surface area (Å²) in [6.07, 6.45) is 0. The van der Waals surface area contributed by atoms with Gasteiger partial charge in [0, 0.05) is 16.8 Å². The standard InChI is InChI=1S/C18H27NO/c1-12-8-7-9-15-10-16(20-17(12)15)14(3)13(2)11-19-18(4,5)6/h7-10,13-14,19H,11H2,1-6H3. The zero-order chi connectivity index (χ0) is 14.9. The Kier molecular flexibility index (Phi) is 4.24. The van der Waals surface area contributed by atoms with E-state index >= 15 is 0 Å². The molecule has 0 aliphatic rings. The molecule has 0 saturated carbocycles. The van der Waals surface area contributed by atoms with Gasteiger partial charge in [-0.15, -0.1) is 0 Å². The minimum absolute atomic E-state index is 0.165. The fourth-order valence-corrected chi connectivity index (χ4v) is 2.38. The second-order valence-electron chi connectivity index (χ2n) is 7.04. The molecule has 2 rings (SSSR count). The molecule has 2 atom stereocenters. The van der Waals surface area contributed by atoms with E-state index in [2.05, 4.69) is 71.1 Å². The summed E-state index contributed by atoms with van der Waals surface area (Å²) < 4.78 is 6.09. The number of aryl methyl sites for hydroxylation is 1. The summed E-state index contributed by atoms with van der Waals surface area (Å²) in [5, 5.41) is 4.79. The third kappa shape index (κ3) is 3.43. The molecular formula is C18H27NO. The number of rotatable bonds is 4. The predicted octanol–water partition coefficient (Wildman–Crippen LogP) is 4.87. The fraction of sp³-hybridized carbons (Fsp3) is 0.556. The van der Waals surface area contributed by atoms with Gasteiger partial charge in [0.2, 0.25) is 0 Å². The van der Waals surface area contributed by atoms with Crippen molar-refractivity contribution in [1.29, 1.82) is 0 Å². The molecule has 1 heterocycles. The number of nitrogens with one attached hydrogen (secondary N) is 1. The lowest BCUT2D eigenvalue weighted by Gasteiger charge is -2.25. The first-order valence-corrected chi connectivity index (χ1v) is 7.52. The first-order chi connectivity index (χ1) is 9.28. The smallest absolute Gasteiger partial charge is 0.137 e. The zero-order valence-electron chi connectivity index (χ0n) is 13.6. The van der Waals surface area contributed by atoms with Gasteiger partial charge in [0.15, 0.2) is 0 Å². The van der Waals surface area contributed by atoms with Gasteiger partial charge in [-0.25, -0.2) is 0 Å². The van der Waals surface area contributed by atoms with Crippen molar-refractivity contribution in [1.82, 2.24) is 5.32 Å². The highest BCUT2D eigenvalue weighted by Crippen LogP contribution is 2.31. The Balaban J connectivity index is 2.14. The quantitative estimate of drug-likeness (QED) is 0.859. The molecule has 2 heteroatoms. The van der Waals surface area contributed by atoms with E-state index in [0.717, 1.165) is 17.9 Å². The molecule has 1 N–H and O–H groups in total. The highest BCUT2D eigenvalue weighted by atomic mass is 16.3. The average molecular weight is 273 g/mol. The average Bonchev–Trinajstić information content (AvgIpc) is 2.79. The molecule has 110 valence electrons. The Bertz CT molecular complexity index is 577. The van der Waals surface area contributed by atoms with E-state index in [1.165, 1.54) is 10.9 Å². The maximum Gasteiger partial charge on any atom is 0.137 e. The summed E-state index contributed by atoms with van der Waals surface area (Å²) in [7, 11) is 0. The van der Waals surface area contributed by atoms with Crippen molar-refractivity contribution in [2.24, 2.45) is 5.92 Å². The van der Waals surface area contributed by atoms with Crippen molar-refractivity contribution in [2.75, 3.05) is 6.54 Å². The van der Waals surface area contributed by atoms with Gasteiger partial charge in [-0.05, 0) is 51.8 Å². The van der Waals surface area contributed by atoms with Crippen molar-refractivity contribution in [3.8, 4) is 0 Å². The van der Waals surface area contributed by atoms with Crippen molar-refractivity contribution in [3.63, 3.8) is 0 Å². The van der Waals surface area contributed by atoms with Gasteiger partial charge >= 0.3 is 0 Å². The molecule has 2 unspecified atom stereocenters. The Hall–Kier alpha value is -1.28. The molecule has 1 aromatic heterocycles. The van der Waals surface area contributed by atoms with Crippen molar-refractivity contribution >= 4 is 11.0 Å². The van der Waals surface area contributed by atoms with Crippen LogP contribution in [0.4, 0.5) is 0 Å². The monoisotopic (exact) mass is 273 g/mol. The van der Waals surface area contributed by atoms with Crippen LogP contribution in [0.3, 0.4) is 0 Å². The summed E-state index contributed by atoms with van der Waals surface area (Å²) in [5.41, 5.74) is 2.41. The number of furan rings is 1. The Morgan fingerprint density at radius 3 is 2.50 bits per heavy atom. The number of para-hydroxylation sites is 1. The van der Waals surface area contributed by atoms with Crippen LogP contribution >= 0.6 is 0 Å². The summed E-state index contributed by atoms with van der Waals surface area (Å²) in [6, 6.07) is 8.51. The van der Waals surface area contributed by atoms with E-state index < -0.39 is 0 Å². The summed E-state index contributed by atoms with van der Waals surface area (Å²) >= 11 is 0. The summed E-state index contributed by atoms with van der Waals surface area (Å²) in [5.74, 6) is 2.05. The Morgan fingerprint density at radius 1 is 1.20 bits per heavy atom. The molecule has 2 aromatic rings. The van der Waals surface area contributed by atoms with Gasteiger partial charge in [-0.3, -0.25) is 0 Å². The first kappa shape index (κ1) is 15.1. The summed E-state index contributed by atoms with van der Waals surface area (Å²) in [4.78, 5) is 0. The summed E-state index contributed by atoms with van der Waals surface area (Å²) in [6.45, 7) is 14.2. The van der Waals surface area contributed by atoms with E-state index in [1.807, 2.05) is 0 Å². The van der Waals surface area contributed by atoms with Crippen molar-refractivity contribution in [2.45, 2.75) is 53.0 Å². The Morgan fingerprint density at radius 2 is 1.90 bits per heavy atom. The highest BCUT2D eigenvalue weighted by molar-refractivity contribution is 5.81. The maximum atomic E-state index is 6.09. The van der Waals surface area contributed by atoms with E-state index in [1.54, 1.807) is 0 Å². The van der Waals surface area contributed by atoms with Crippen LogP contribution in [0.25, 0.3) is 11.0 Å². The van der Waals surface area contributed by atoms with Gasteiger partial charge in [-0.1, -0.05) is 32.0 Å². The minimum atomic E-state index is 0.165. The maximum absolute atomic E-state index is 6.09. The van der Waals surface area contributed by atoms with Crippen LogP contribution in [-0.4, -0.2) is 12.1 Å². The lowest BCUT2D eigenvalue weighted by molar-refractivity contribution is 0.339. The highest BCUT2D eigenvalue weighted by Gasteiger charge is 2.20. The molecule has 20 heavy (non-hydrogen) atoms. The van der Waals surface area contributed by atoms with Gasteiger partial charge in [0.05, 0.1) is 0 Å². The van der Waals surface area contributed by atoms with E-state index in [4.69, 9.17) is 4.42 Å². The van der Waals surface area contributed by atoms with Crippen LogP contribution in [-0.2, 0) is 0 Å². The lowest BCUT2D eigenvalue weighted by Crippen LogP contribution is -2.39. The van der Waals surface area contributed by atoms with E-state index in [9.17, 15) is 0 Å². The molecule has 0 bridgehead atoms. The molecule has 0 radical (unpaired) electrons.